The van der Waals surface area contributed by atoms with Crippen molar-refractivity contribution in [1.82, 2.24) is 4.98 Å². The molecule has 0 unspecified atom stereocenters. The van der Waals surface area contributed by atoms with E-state index in [1.807, 2.05) is 66.7 Å². The van der Waals surface area contributed by atoms with E-state index in [4.69, 9.17) is 9.47 Å². The van der Waals surface area contributed by atoms with Crippen LogP contribution >= 0.6 is 0 Å². The lowest BCUT2D eigenvalue weighted by atomic mass is 9.97. The predicted molar refractivity (Wildman–Crippen MR) is 147 cm³/mol. The van der Waals surface area contributed by atoms with E-state index in [0.29, 0.717) is 34.0 Å². The molecular weight excluding hydrogens is 478 g/mol. The molecule has 5 aromatic rings. The first-order chi connectivity index (χ1) is 18.6. The Kier molecular flexibility index (Phi) is 6.87. The maximum absolute atomic E-state index is 12.9. The molecule has 0 saturated heterocycles. The van der Waals surface area contributed by atoms with Crippen molar-refractivity contribution in [2.75, 3.05) is 19.0 Å². The Bertz CT molecular complexity index is 1740. The van der Waals surface area contributed by atoms with Crippen molar-refractivity contribution in [2.45, 2.75) is 0 Å². The molecule has 38 heavy (non-hydrogen) atoms. The van der Waals surface area contributed by atoms with Gasteiger partial charge in [0.2, 0.25) is 0 Å². The van der Waals surface area contributed by atoms with E-state index >= 15 is 0 Å². The van der Waals surface area contributed by atoms with E-state index in [9.17, 15) is 14.9 Å². The van der Waals surface area contributed by atoms with Crippen LogP contribution < -0.4 is 20.3 Å². The molecule has 0 radical (unpaired) electrons. The zero-order valence-electron chi connectivity index (χ0n) is 20.5. The molecule has 0 aliphatic carbocycles. The number of carbonyl (C=O) groups excluding carboxylic acids is 1. The van der Waals surface area contributed by atoms with Crippen LogP contribution in [0.1, 0.15) is 5.56 Å². The maximum Gasteiger partial charge on any atom is 0.266 e. The third kappa shape index (κ3) is 5.11. The number of methoxy groups -OCH3 is 1. The summed E-state index contributed by atoms with van der Waals surface area (Å²) in [6, 6.07) is 31.8. The van der Waals surface area contributed by atoms with Crippen molar-refractivity contribution in [3.8, 4) is 40.0 Å². The fourth-order valence-electron chi connectivity index (χ4n) is 4.23. The predicted octanol–water partition coefficient (Wildman–Crippen LogP) is 5.76. The van der Waals surface area contributed by atoms with Crippen LogP contribution in [0.25, 0.3) is 33.2 Å². The number of aromatic amines is 1. The SMILES string of the molecule is COc1cc(-c2cc(-c3ccc4ccccc4c3)[nH]c(=O)c2C#N)ccc1OCC(=O)Nc1ccccc1. The number of para-hydroxylation sites is 1. The first kappa shape index (κ1) is 24.3. The summed E-state index contributed by atoms with van der Waals surface area (Å²) in [5, 5.41) is 14.6. The zero-order chi connectivity index (χ0) is 26.5. The molecule has 2 N–H and O–H groups in total. The lowest BCUT2D eigenvalue weighted by Gasteiger charge is -2.14. The molecule has 0 aliphatic heterocycles. The number of ether oxygens (including phenoxy) is 2. The number of nitrogens with one attached hydrogen (secondary N) is 2. The molecule has 0 spiro atoms. The van der Waals surface area contributed by atoms with Gasteiger partial charge in [-0.15, -0.1) is 0 Å². The molecule has 1 aromatic heterocycles. The Labute approximate surface area is 218 Å². The number of amides is 1. The largest absolute Gasteiger partial charge is 0.493 e. The number of nitrogens with zero attached hydrogens (tertiary/aromatic N) is 1. The third-order valence-corrected chi connectivity index (χ3v) is 6.10. The van der Waals surface area contributed by atoms with E-state index in [2.05, 4.69) is 10.3 Å². The monoisotopic (exact) mass is 501 g/mol. The Morgan fingerprint density at radius 1 is 0.868 bits per heavy atom. The van der Waals surface area contributed by atoms with Crippen LogP contribution in [0, 0.1) is 11.3 Å². The van der Waals surface area contributed by atoms with Crippen LogP contribution in [0.4, 0.5) is 5.69 Å². The summed E-state index contributed by atoms with van der Waals surface area (Å²) in [7, 11) is 1.49. The van der Waals surface area contributed by atoms with Gasteiger partial charge in [0.25, 0.3) is 11.5 Å². The molecule has 7 nitrogen and oxygen atoms in total. The van der Waals surface area contributed by atoms with Crippen molar-refractivity contribution < 1.29 is 14.3 Å². The zero-order valence-corrected chi connectivity index (χ0v) is 20.5. The smallest absolute Gasteiger partial charge is 0.266 e. The molecule has 7 heteroatoms. The Hall–Kier alpha value is -5.35. The number of hydrogen-bond acceptors (Lipinski definition) is 5. The molecule has 0 fully saturated rings. The van der Waals surface area contributed by atoms with Crippen molar-refractivity contribution in [1.29, 1.82) is 5.26 Å². The number of carbonyl (C=O) groups is 1. The van der Waals surface area contributed by atoms with E-state index in [-0.39, 0.29) is 18.1 Å². The summed E-state index contributed by atoms with van der Waals surface area (Å²) in [5.41, 5.74) is 2.66. The van der Waals surface area contributed by atoms with Gasteiger partial charge in [-0.1, -0.05) is 60.7 Å². The molecule has 0 saturated carbocycles. The van der Waals surface area contributed by atoms with Gasteiger partial charge < -0.3 is 19.8 Å². The number of pyridine rings is 1. The van der Waals surface area contributed by atoms with Crippen molar-refractivity contribution in [3.63, 3.8) is 0 Å². The van der Waals surface area contributed by atoms with Crippen LogP contribution in [-0.2, 0) is 4.79 Å². The Balaban J connectivity index is 1.45. The molecular formula is C31H23N3O4. The quantitative estimate of drug-likeness (QED) is 0.295. The summed E-state index contributed by atoms with van der Waals surface area (Å²) in [6.07, 6.45) is 0. The summed E-state index contributed by atoms with van der Waals surface area (Å²) >= 11 is 0. The van der Waals surface area contributed by atoms with Gasteiger partial charge in [0.05, 0.1) is 7.11 Å². The van der Waals surface area contributed by atoms with Gasteiger partial charge in [-0.3, -0.25) is 9.59 Å². The number of benzene rings is 4. The average Bonchev–Trinajstić information content (AvgIpc) is 2.95. The first-order valence-electron chi connectivity index (χ1n) is 11.9. The summed E-state index contributed by atoms with van der Waals surface area (Å²) in [4.78, 5) is 28.0. The van der Waals surface area contributed by atoms with Crippen molar-refractivity contribution in [3.05, 3.63) is 113 Å². The van der Waals surface area contributed by atoms with Gasteiger partial charge in [-0.2, -0.15) is 5.26 Å². The van der Waals surface area contributed by atoms with Gasteiger partial charge in [0, 0.05) is 16.9 Å². The van der Waals surface area contributed by atoms with Gasteiger partial charge >= 0.3 is 0 Å². The van der Waals surface area contributed by atoms with E-state index < -0.39 is 5.56 Å². The fraction of sp³-hybridized carbons (Fsp3) is 0.0645. The first-order valence-corrected chi connectivity index (χ1v) is 11.9. The van der Waals surface area contributed by atoms with E-state index in [1.54, 1.807) is 36.4 Å². The number of aromatic nitrogens is 1. The molecule has 0 aliphatic rings. The topological polar surface area (TPSA) is 104 Å². The average molecular weight is 502 g/mol. The highest BCUT2D eigenvalue weighted by Gasteiger charge is 2.16. The standard InChI is InChI=1S/C31H23N3O4/c1-37-29-16-22(13-14-28(29)38-19-30(35)33-24-9-3-2-4-10-24)25-17-27(34-31(36)26(25)18-32)23-12-11-20-7-5-6-8-21(20)15-23/h2-17H,19H2,1H3,(H,33,35)(H,34,36). The molecule has 4 aromatic carbocycles. The van der Waals surface area contributed by atoms with E-state index in [1.165, 1.54) is 7.11 Å². The van der Waals surface area contributed by atoms with Crippen LogP contribution in [0.3, 0.4) is 0 Å². The third-order valence-electron chi connectivity index (χ3n) is 6.10. The van der Waals surface area contributed by atoms with Gasteiger partial charge in [-0.05, 0) is 58.3 Å². The molecule has 5 rings (SSSR count). The second-order valence-electron chi connectivity index (χ2n) is 8.54. The lowest BCUT2D eigenvalue weighted by molar-refractivity contribution is -0.118. The van der Waals surface area contributed by atoms with E-state index in [0.717, 1.165) is 16.3 Å². The van der Waals surface area contributed by atoms with Gasteiger partial charge in [-0.25, -0.2) is 0 Å². The second-order valence-corrected chi connectivity index (χ2v) is 8.54. The summed E-state index contributed by atoms with van der Waals surface area (Å²) in [5.74, 6) is 0.410. The molecule has 0 atom stereocenters. The highest BCUT2D eigenvalue weighted by molar-refractivity contribution is 5.92. The number of anilines is 1. The minimum absolute atomic E-state index is 0.00694. The van der Waals surface area contributed by atoms with Gasteiger partial charge in [0.15, 0.2) is 18.1 Å². The van der Waals surface area contributed by atoms with Crippen LogP contribution in [0.5, 0.6) is 11.5 Å². The molecule has 1 amide bonds. The summed E-state index contributed by atoms with van der Waals surface area (Å²) < 4.78 is 11.2. The number of H-pyrrole nitrogens is 1. The summed E-state index contributed by atoms with van der Waals surface area (Å²) in [6.45, 7) is -0.217. The number of fused-ring (bicyclic) bond motifs is 1. The number of hydrogen-bond donors (Lipinski definition) is 2. The van der Waals surface area contributed by atoms with Crippen LogP contribution in [0.15, 0.2) is 102 Å². The lowest BCUT2D eigenvalue weighted by Crippen LogP contribution is -2.20. The van der Waals surface area contributed by atoms with Crippen molar-refractivity contribution in [2.24, 2.45) is 0 Å². The van der Waals surface area contributed by atoms with Crippen LogP contribution in [0.2, 0.25) is 0 Å². The van der Waals surface area contributed by atoms with Gasteiger partial charge in [0.1, 0.15) is 11.6 Å². The normalized spacial score (nSPS) is 10.5. The van der Waals surface area contributed by atoms with Crippen LogP contribution in [-0.4, -0.2) is 24.6 Å². The highest BCUT2D eigenvalue weighted by Crippen LogP contribution is 2.35. The number of rotatable bonds is 7. The maximum atomic E-state index is 12.9. The highest BCUT2D eigenvalue weighted by atomic mass is 16.5. The van der Waals surface area contributed by atoms with Crippen molar-refractivity contribution >= 4 is 22.4 Å². The second kappa shape index (κ2) is 10.7. The molecule has 1 heterocycles. The minimum Gasteiger partial charge on any atom is -0.493 e. The Morgan fingerprint density at radius 3 is 2.37 bits per heavy atom. The molecule has 0 bridgehead atoms. The Morgan fingerprint density at radius 2 is 1.61 bits per heavy atom. The minimum atomic E-state index is -0.481. The fourth-order valence-corrected chi connectivity index (χ4v) is 4.23. The number of nitriles is 1. The molecule has 186 valence electrons.